The van der Waals surface area contributed by atoms with E-state index >= 15 is 0 Å². The van der Waals surface area contributed by atoms with Crippen LogP contribution in [0.25, 0.3) is 11.4 Å². The zero-order valence-corrected chi connectivity index (χ0v) is 19.8. The first kappa shape index (κ1) is 22.9. The van der Waals surface area contributed by atoms with Crippen molar-refractivity contribution >= 4 is 29.1 Å². The number of hydrogen-bond acceptors (Lipinski definition) is 6. The summed E-state index contributed by atoms with van der Waals surface area (Å²) in [5.74, 6) is 1.86. The van der Waals surface area contributed by atoms with Crippen molar-refractivity contribution in [1.29, 1.82) is 0 Å². The number of halogens is 1. The molecule has 4 aromatic rings. The van der Waals surface area contributed by atoms with E-state index in [0.29, 0.717) is 39.6 Å². The minimum Gasteiger partial charge on any atom is -0.497 e. The fourth-order valence-electron chi connectivity index (χ4n) is 3.38. The number of ether oxygens (including phenoxy) is 2. The average molecular weight is 480 g/mol. The summed E-state index contributed by atoms with van der Waals surface area (Å²) in [5, 5.41) is 10.0. The topological polar surface area (TPSA) is 66.2 Å². The summed E-state index contributed by atoms with van der Waals surface area (Å²) in [4.78, 5) is 13.0. The van der Waals surface area contributed by atoms with E-state index in [1.165, 1.54) is 18.9 Å². The minimum atomic E-state index is -0.0759. The van der Waals surface area contributed by atoms with Gasteiger partial charge < -0.3 is 9.47 Å². The number of rotatable bonds is 9. The molecular formula is C25H22ClN3O3S. The van der Waals surface area contributed by atoms with Crippen LogP contribution in [0.1, 0.15) is 15.9 Å². The Morgan fingerprint density at radius 1 is 0.970 bits per heavy atom. The lowest BCUT2D eigenvalue weighted by Gasteiger charge is -2.12. The van der Waals surface area contributed by atoms with Crippen LogP contribution in [0.2, 0.25) is 5.02 Å². The normalized spacial score (nSPS) is 10.8. The van der Waals surface area contributed by atoms with Crippen molar-refractivity contribution in [1.82, 2.24) is 14.8 Å². The van der Waals surface area contributed by atoms with Crippen molar-refractivity contribution in [3.05, 3.63) is 88.9 Å². The number of carbonyl (C=O) groups is 1. The first-order valence-electron chi connectivity index (χ1n) is 10.2. The summed E-state index contributed by atoms with van der Waals surface area (Å²) in [7, 11) is 3.10. The molecule has 0 unspecified atom stereocenters. The van der Waals surface area contributed by atoms with E-state index in [1.807, 2.05) is 59.2 Å². The average Bonchev–Trinajstić information content (AvgIpc) is 3.24. The van der Waals surface area contributed by atoms with Crippen molar-refractivity contribution in [2.24, 2.45) is 0 Å². The van der Waals surface area contributed by atoms with E-state index < -0.39 is 0 Å². The molecule has 3 aromatic carbocycles. The summed E-state index contributed by atoms with van der Waals surface area (Å²) in [5.41, 5.74) is 2.37. The molecule has 0 N–H and O–H groups in total. The van der Waals surface area contributed by atoms with Gasteiger partial charge in [0, 0.05) is 11.6 Å². The standard InChI is InChI=1S/C25H22ClN3O3S/c1-31-18-12-13-20(23(14-18)32-2)22(30)16-33-25-28-27-24(19-10-6-7-11-21(19)26)29(25)15-17-8-4-3-5-9-17/h3-14H,15-16H2,1-2H3. The van der Waals surface area contributed by atoms with Crippen LogP contribution in [0, 0.1) is 0 Å². The molecule has 1 heterocycles. The molecule has 0 amide bonds. The molecule has 0 aliphatic heterocycles. The largest absolute Gasteiger partial charge is 0.497 e. The molecule has 0 aliphatic rings. The number of ketones is 1. The van der Waals surface area contributed by atoms with E-state index in [9.17, 15) is 4.79 Å². The third kappa shape index (κ3) is 5.21. The summed E-state index contributed by atoms with van der Waals surface area (Å²) < 4.78 is 12.6. The van der Waals surface area contributed by atoms with Crippen LogP contribution in [0.5, 0.6) is 11.5 Å². The van der Waals surface area contributed by atoms with Crippen LogP contribution < -0.4 is 9.47 Å². The fraction of sp³-hybridized carbons (Fsp3) is 0.160. The number of carbonyl (C=O) groups excluding carboxylic acids is 1. The van der Waals surface area contributed by atoms with E-state index in [0.717, 1.165) is 11.1 Å². The minimum absolute atomic E-state index is 0.0759. The molecule has 168 valence electrons. The third-order valence-corrected chi connectivity index (χ3v) is 6.35. The van der Waals surface area contributed by atoms with Crippen LogP contribution in [0.4, 0.5) is 0 Å². The van der Waals surface area contributed by atoms with Crippen molar-refractivity contribution in [2.75, 3.05) is 20.0 Å². The molecule has 33 heavy (non-hydrogen) atoms. The van der Waals surface area contributed by atoms with Gasteiger partial charge in [-0.3, -0.25) is 9.36 Å². The smallest absolute Gasteiger partial charge is 0.192 e. The highest BCUT2D eigenvalue weighted by atomic mass is 35.5. The maximum absolute atomic E-state index is 13.0. The molecule has 1 aromatic heterocycles. The third-order valence-electron chi connectivity index (χ3n) is 5.06. The molecule has 8 heteroatoms. The summed E-state index contributed by atoms with van der Waals surface area (Å²) in [6.07, 6.45) is 0. The van der Waals surface area contributed by atoms with Crippen LogP contribution in [0.15, 0.2) is 78.0 Å². The predicted octanol–water partition coefficient (Wildman–Crippen LogP) is 5.64. The molecule has 0 fully saturated rings. The van der Waals surface area contributed by atoms with Crippen LogP contribution >= 0.6 is 23.4 Å². The van der Waals surface area contributed by atoms with Gasteiger partial charge in [0.2, 0.25) is 0 Å². The molecular weight excluding hydrogens is 458 g/mol. The van der Waals surface area contributed by atoms with Gasteiger partial charge in [-0.15, -0.1) is 10.2 Å². The highest BCUT2D eigenvalue weighted by molar-refractivity contribution is 7.99. The van der Waals surface area contributed by atoms with E-state index in [4.69, 9.17) is 21.1 Å². The molecule has 0 atom stereocenters. The molecule has 6 nitrogen and oxygen atoms in total. The van der Waals surface area contributed by atoms with Gasteiger partial charge in [0.15, 0.2) is 16.8 Å². The Morgan fingerprint density at radius 2 is 1.73 bits per heavy atom. The Balaban J connectivity index is 1.63. The number of nitrogens with zero attached hydrogens (tertiary/aromatic N) is 3. The van der Waals surface area contributed by atoms with E-state index in [1.54, 1.807) is 25.3 Å². The lowest BCUT2D eigenvalue weighted by Crippen LogP contribution is -2.08. The maximum Gasteiger partial charge on any atom is 0.192 e. The van der Waals surface area contributed by atoms with Gasteiger partial charge in [0.1, 0.15) is 11.5 Å². The van der Waals surface area contributed by atoms with Crippen LogP contribution in [-0.4, -0.2) is 40.5 Å². The number of benzene rings is 3. The Labute approximate surface area is 201 Å². The molecule has 0 bridgehead atoms. The Bertz CT molecular complexity index is 1260. The predicted molar refractivity (Wildman–Crippen MR) is 131 cm³/mol. The van der Waals surface area contributed by atoms with Gasteiger partial charge >= 0.3 is 0 Å². The van der Waals surface area contributed by atoms with Gasteiger partial charge in [0.05, 0.1) is 37.1 Å². The van der Waals surface area contributed by atoms with E-state index in [-0.39, 0.29) is 11.5 Å². The van der Waals surface area contributed by atoms with Gasteiger partial charge in [-0.05, 0) is 29.8 Å². The summed E-state index contributed by atoms with van der Waals surface area (Å²) >= 11 is 7.77. The second-order valence-corrected chi connectivity index (χ2v) is 8.49. The Morgan fingerprint density at radius 3 is 2.45 bits per heavy atom. The molecule has 0 saturated carbocycles. The second-order valence-electron chi connectivity index (χ2n) is 7.14. The SMILES string of the molecule is COc1ccc(C(=O)CSc2nnc(-c3ccccc3Cl)n2Cc2ccccc2)c(OC)c1. The molecule has 0 saturated heterocycles. The Hall–Kier alpha value is -3.29. The fourth-order valence-corrected chi connectivity index (χ4v) is 4.42. The van der Waals surface area contributed by atoms with Gasteiger partial charge in [-0.1, -0.05) is 65.8 Å². The maximum atomic E-state index is 13.0. The molecule has 4 rings (SSSR count). The zero-order chi connectivity index (χ0) is 23.2. The lowest BCUT2D eigenvalue weighted by molar-refractivity contribution is 0.101. The van der Waals surface area contributed by atoms with Crippen molar-refractivity contribution < 1.29 is 14.3 Å². The van der Waals surface area contributed by atoms with Crippen molar-refractivity contribution in [3.8, 4) is 22.9 Å². The highest BCUT2D eigenvalue weighted by Crippen LogP contribution is 2.31. The lowest BCUT2D eigenvalue weighted by atomic mass is 10.1. The molecule has 0 spiro atoms. The van der Waals surface area contributed by atoms with Crippen molar-refractivity contribution in [2.45, 2.75) is 11.7 Å². The quantitative estimate of drug-likeness (QED) is 0.228. The van der Waals surface area contributed by atoms with E-state index in [2.05, 4.69) is 10.2 Å². The number of aromatic nitrogens is 3. The number of methoxy groups -OCH3 is 2. The van der Waals surface area contributed by atoms with Crippen LogP contribution in [0.3, 0.4) is 0 Å². The molecule has 0 radical (unpaired) electrons. The highest BCUT2D eigenvalue weighted by Gasteiger charge is 2.19. The molecule has 0 aliphatic carbocycles. The zero-order valence-electron chi connectivity index (χ0n) is 18.2. The van der Waals surface area contributed by atoms with Crippen LogP contribution in [-0.2, 0) is 6.54 Å². The number of thioether (sulfide) groups is 1. The summed E-state index contributed by atoms with van der Waals surface area (Å²) in [6, 6.07) is 22.7. The van der Waals surface area contributed by atoms with Gasteiger partial charge in [0.25, 0.3) is 0 Å². The number of Topliss-reactive ketones (excluding diaryl/α,β-unsaturated/α-hetero) is 1. The van der Waals surface area contributed by atoms with Crippen molar-refractivity contribution in [3.63, 3.8) is 0 Å². The monoisotopic (exact) mass is 479 g/mol. The number of hydrogen-bond donors (Lipinski definition) is 0. The van der Waals surface area contributed by atoms with Gasteiger partial charge in [-0.2, -0.15) is 0 Å². The second kappa shape index (κ2) is 10.6. The first-order chi connectivity index (χ1) is 16.1. The van der Waals surface area contributed by atoms with Gasteiger partial charge in [-0.25, -0.2) is 0 Å². The first-order valence-corrected chi connectivity index (χ1v) is 11.6. The Kier molecular flexibility index (Phi) is 7.32. The summed E-state index contributed by atoms with van der Waals surface area (Å²) in [6.45, 7) is 0.552.